The fourth-order valence-corrected chi connectivity index (χ4v) is 4.19. The summed E-state index contributed by atoms with van der Waals surface area (Å²) in [5.74, 6) is -3.15. The summed E-state index contributed by atoms with van der Waals surface area (Å²) in [5, 5.41) is 2.46. The van der Waals surface area contributed by atoms with Crippen LogP contribution in [0, 0.1) is 28.8 Å². The van der Waals surface area contributed by atoms with E-state index in [0.29, 0.717) is 18.2 Å². The zero-order chi connectivity index (χ0) is 19.0. The number of benzene rings is 1. The lowest BCUT2D eigenvalue weighted by Crippen LogP contribution is -2.35. The van der Waals surface area contributed by atoms with Crippen LogP contribution in [0.5, 0.6) is 0 Å². The number of aromatic nitrogens is 1. The zero-order valence-corrected chi connectivity index (χ0v) is 13.8. The normalized spacial score (nSPS) is 29.7. The Labute approximate surface area is 151 Å². The number of anilines is 1. The summed E-state index contributed by atoms with van der Waals surface area (Å²) in [6.45, 7) is 0.383. The van der Waals surface area contributed by atoms with Crippen molar-refractivity contribution >= 4 is 17.6 Å². The molecule has 138 valence electrons. The number of nitrogens with zero attached hydrogens (tertiary/aromatic N) is 2. The molecule has 2 aromatic rings. The van der Waals surface area contributed by atoms with Crippen LogP contribution in [-0.2, 0) is 10.3 Å². The number of amidine groups is 1. The number of fused-ring (bicyclic) bond motifs is 1. The maximum atomic E-state index is 14.5. The minimum absolute atomic E-state index is 0.0132. The molecule has 1 aromatic heterocycles. The number of amides is 1. The van der Waals surface area contributed by atoms with E-state index in [4.69, 9.17) is 10.5 Å². The number of halogens is 3. The second-order valence-electron chi connectivity index (χ2n) is 7.05. The van der Waals surface area contributed by atoms with Gasteiger partial charge >= 0.3 is 0 Å². The van der Waals surface area contributed by atoms with Gasteiger partial charge in [0.05, 0.1) is 6.20 Å². The molecule has 2 heterocycles. The number of hydrogen-bond donors (Lipinski definition) is 2. The van der Waals surface area contributed by atoms with E-state index in [2.05, 4.69) is 15.3 Å². The van der Waals surface area contributed by atoms with Gasteiger partial charge < -0.3 is 15.8 Å². The lowest BCUT2D eigenvalue weighted by Gasteiger charge is -2.29. The fourth-order valence-electron chi connectivity index (χ4n) is 4.19. The molecule has 1 aliphatic heterocycles. The van der Waals surface area contributed by atoms with E-state index in [1.807, 2.05) is 0 Å². The van der Waals surface area contributed by atoms with Crippen LogP contribution < -0.4 is 11.1 Å². The molecule has 1 spiro atoms. The minimum atomic E-state index is -1.09. The van der Waals surface area contributed by atoms with E-state index in [9.17, 15) is 18.0 Å². The van der Waals surface area contributed by atoms with Crippen molar-refractivity contribution in [3.05, 3.63) is 59.2 Å². The van der Waals surface area contributed by atoms with E-state index in [-0.39, 0.29) is 23.0 Å². The van der Waals surface area contributed by atoms with Gasteiger partial charge in [0.25, 0.3) is 11.9 Å². The lowest BCUT2D eigenvalue weighted by molar-refractivity contribution is 0.101. The predicted octanol–water partition coefficient (Wildman–Crippen LogP) is 2.31. The van der Waals surface area contributed by atoms with Crippen molar-refractivity contribution in [2.24, 2.45) is 22.1 Å². The number of carbonyl (C=O) groups is 1. The van der Waals surface area contributed by atoms with Gasteiger partial charge in [0.1, 0.15) is 23.8 Å². The second kappa shape index (κ2) is 4.99. The Balaban J connectivity index is 1.47. The van der Waals surface area contributed by atoms with E-state index < -0.39 is 34.6 Å². The van der Waals surface area contributed by atoms with E-state index in [0.717, 1.165) is 12.6 Å². The van der Waals surface area contributed by atoms with Gasteiger partial charge in [-0.2, -0.15) is 0 Å². The Hall–Kier alpha value is -3.10. The monoisotopic (exact) mass is 374 g/mol. The number of nitrogens with two attached hydrogens (primary N) is 1. The number of carbonyl (C=O) groups excluding carboxylic acids is 1. The van der Waals surface area contributed by atoms with Crippen LogP contribution in [0.2, 0.25) is 0 Å². The number of rotatable bonds is 3. The Morgan fingerprint density at radius 3 is 2.81 bits per heavy atom. The largest absolute Gasteiger partial charge is 0.465 e. The maximum absolute atomic E-state index is 14.5. The van der Waals surface area contributed by atoms with Gasteiger partial charge in [-0.15, -0.1) is 0 Å². The van der Waals surface area contributed by atoms with Crippen LogP contribution >= 0.6 is 0 Å². The first kappa shape index (κ1) is 16.1. The molecule has 1 amide bonds. The first-order valence-corrected chi connectivity index (χ1v) is 8.28. The Morgan fingerprint density at radius 1 is 1.26 bits per heavy atom. The fraction of sp³-hybridized carbons (Fsp3) is 0.278. The van der Waals surface area contributed by atoms with E-state index >= 15 is 0 Å². The summed E-state index contributed by atoms with van der Waals surface area (Å²) < 4.78 is 46.5. The molecule has 6 nitrogen and oxygen atoms in total. The summed E-state index contributed by atoms with van der Waals surface area (Å²) in [4.78, 5) is 20.0. The molecule has 0 bridgehead atoms. The number of aliphatic imine (C=N–C) groups is 1. The van der Waals surface area contributed by atoms with Gasteiger partial charge in [-0.25, -0.2) is 23.1 Å². The molecule has 2 aliphatic carbocycles. The molecule has 27 heavy (non-hydrogen) atoms. The highest BCUT2D eigenvalue weighted by atomic mass is 19.1. The van der Waals surface area contributed by atoms with Crippen LogP contribution in [-0.4, -0.2) is 23.5 Å². The molecule has 3 N–H and O–H groups in total. The quantitative estimate of drug-likeness (QED) is 0.863. The number of pyridine rings is 1. The van der Waals surface area contributed by atoms with Crippen LogP contribution in [0.4, 0.5) is 18.9 Å². The van der Waals surface area contributed by atoms with Gasteiger partial charge in [0, 0.05) is 28.7 Å². The first-order valence-electron chi connectivity index (χ1n) is 8.28. The number of nitrogens with one attached hydrogen (secondary N) is 1. The molecule has 9 heteroatoms. The van der Waals surface area contributed by atoms with Crippen molar-refractivity contribution in [3.63, 3.8) is 0 Å². The zero-order valence-electron chi connectivity index (χ0n) is 13.8. The lowest BCUT2D eigenvalue weighted by atomic mass is 9.88. The van der Waals surface area contributed by atoms with Gasteiger partial charge in [-0.05, 0) is 24.6 Å². The molecule has 2 fully saturated rings. The first-order chi connectivity index (χ1) is 12.9. The van der Waals surface area contributed by atoms with Crippen LogP contribution in [0.1, 0.15) is 22.5 Å². The molecule has 0 radical (unpaired) electrons. The highest BCUT2D eigenvalue weighted by Gasteiger charge is 2.92. The van der Waals surface area contributed by atoms with E-state index in [1.54, 1.807) is 0 Å². The summed E-state index contributed by atoms with van der Waals surface area (Å²) >= 11 is 0. The van der Waals surface area contributed by atoms with Crippen molar-refractivity contribution in [2.75, 3.05) is 11.9 Å². The molecule has 5 rings (SSSR count). The van der Waals surface area contributed by atoms with Crippen LogP contribution in [0.15, 0.2) is 35.5 Å². The third-order valence-electron chi connectivity index (χ3n) is 5.68. The molecular formula is C18H13F3N4O2. The third-order valence-corrected chi connectivity index (χ3v) is 5.68. The molecule has 0 saturated heterocycles. The van der Waals surface area contributed by atoms with Crippen molar-refractivity contribution in [1.82, 2.24) is 4.98 Å². The molecular weight excluding hydrogens is 361 g/mol. The van der Waals surface area contributed by atoms with Gasteiger partial charge in [0.2, 0.25) is 0 Å². The maximum Gasteiger partial charge on any atom is 0.282 e. The molecule has 3 aliphatic rings. The number of ether oxygens (including phenoxy) is 1. The highest BCUT2D eigenvalue weighted by Crippen LogP contribution is 2.89. The topological polar surface area (TPSA) is 89.6 Å². The van der Waals surface area contributed by atoms with Crippen LogP contribution in [0.25, 0.3) is 0 Å². The van der Waals surface area contributed by atoms with Crippen molar-refractivity contribution in [3.8, 4) is 0 Å². The standard InChI is InChI=1S/C18H13F3N4O2/c19-8-3-12(21)14(23-6-8)15(26)24-9-1-2-11(20)10(4-9)18-13-5-17(13,18)7-27-16(22)25-18/h1-4,6,13H,5,7H2,(H2,22,25)(H,24,26)/t13?,17?,18-/m0/s1. The average Bonchev–Trinajstić information content (AvgIpc) is 3.48. The molecule has 3 atom stereocenters. The summed E-state index contributed by atoms with van der Waals surface area (Å²) in [6, 6.07) is 4.60. The second-order valence-corrected chi connectivity index (χ2v) is 7.05. The Kier molecular flexibility index (Phi) is 2.98. The summed E-state index contributed by atoms with van der Waals surface area (Å²) in [6.07, 6.45) is 1.62. The summed E-state index contributed by atoms with van der Waals surface area (Å²) in [5.41, 5.74) is 4.69. The number of hydrogen-bond acceptors (Lipinski definition) is 5. The van der Waals surface area contributed by atoms with Crippen LogP contribution in [0.3, 0.4) is 0 Å². The predicted molar refractivity (Wildman–Crippen MR) is 88.3 cm³/mol. The smallest absolute Gasteiger partial charge is 0.282 e. The Bertz CT molecular complexity index is 1040. The summed E-state index contributed by atoms with van der Waals surface area (Å²) in [7, 11) is 0. The highest BCUT2D eigenvalue weighted by molar-refractivity contribution is 6.03. The van der Waals surface area contributed by atoms with Gasteiger partial charge in [-0.1, -0.05) is 0 Å². The average molecular weight is 374 g/mol. The van der Waals surface area contributed by atoms with Crippen molar-refractivity contribution in [2.45, 2.75) is 12.0 Å². The molecule has 2 saturated carbocycles. The van der Waals surface area contributed by atoms with Gasteiger partial charge in [0.15, 0.2) is 11.5 Å². The van der Waals surface area contributed by atoms with Crippen molar-refractivity contribution < 1.29 is 22.7 Å². The van der Waals surface area contributed by atoms with E-state index in [1.165, 1.54) is 18.2 Å². The molecule has 1 aromatic carbocycles. The van der Waals surface area contributed by atoms with Crippen molar-refractivity contribution in [1.29, 1.82) is 0 Å². The minimum Gasteiger partial charge on any atom is -0.465 e. The SMILES string of the molecule is NC1=N[C@@]2(c3cc(NC(=O)c4ncc(F)cc4F)ccc3F)C3CC32CO1. The van der Waals surface area contributed by atoms with Gasteiger partial charge in [-0.3, -0.25) is 4.79 Å². The third kappa shape index (κ3) is 2.05. The Morgan fingerprint density at radius 2 is 2.07 bits per heavy atom. The molecule has 2 unspecified atom stereocenters.